The quantitative estimate of drug-likeness (QED) is 0.795. The molecule has 84 valence electrons. The van der Waals surface area contributed by atoms with E-state index in [4.69, 9.17) is 10.2 Å². The largest absolute Gasteiger partial charge is 0.406 e. The van der Waals surface area contributed by atoms with Gasteiger partial charge in [-0.15, -0.1) is 5.10 Å². The predicted molar refractivity (Wildman–Crippen MR) is 57.6 cm³/mol. The van der Waals surface area contributed by atoms with Crippen molar-refractivity contribution < 1.29 is 4.42 Å². The molecule has 0 unspecified atom stereocenters. The van der Waals surface area contributed by atoms with Gasteiger partial charge in [-0.1, -0.05) is 5.10 Å². The molecule has 0 radical (unpaired) electrons. The fourth-order valence-corrected chi connectivity index (χ4v) is 1.69. The summed E-state index contributed by atoms with van der Waals surface area (Å²) in [4.78, 5) is 2.13. The molecule has 1 aliphatic heterocycles. The van der Waals surface area contributed by atoms with Crippen molar-refractivity contribution in [3.63, 3.8) is 0 Å². The first-order chi connectivity index (χ1) is 7.07. The molecule has 1 aromatic rings. The highest BCUT2D eigenvalue weighted by Crippen LogP contribution is 2.22. The zero-order valence-electron chi connectivity index (χ0n) is 9.36. The minimum absolute atomic E-state index is 0.503. The Balaban J connectivity index is 2.12. The minimum atomic E-state index is -0.555. The topological polar surface area (TPSA) is 68.2 Å². The number of rotatable bonds is 2. The number of aromatic nitrogens is 2. The van der Waals surface area contributed by atoms with Gasteiger partial charge in [-0.05, 0) is 33.1 Å². The van der Waals surface area contributed by atoms with Gasteiger partial charge >= 0.3 is 6.01 Å². The van der Waals surface area contributed by atoms with E-state index in [0.29, 0.717) is 11.9 Å². The molecule has 1 fully saturated rings. The molecule has 2 N–H and O–H groups in total. The van der Waals surface area contributed by atoms with E-state index in [1.54, 1.807) is 0 Å². The molecule has 5 heteroatoms. The summed E-state index contributed by atoms with van der Waals surface area (Å²) in [5.41, 5.74) is 5.33. The molecular formula is C10H18N4O. The van der Waals surface area contributed by atoms with E-state index in [2.05, 4.69) is 15.1 Å². The first kappa shape index (κ1) is 10.4. The van der Waals surface area contributed by atoms with E-state index < -0.39 is 5.54 Å². The van der Waals surface area contributed by atoms with Gasteiger partial charge in [0.25, 0.3) is 0 Å². The standard InChI is InChI=1S/C10H18N4O/c1-10(2,11)8-12-13-9(15-8)14-6-4-3-5-7-14/h3-7,11H2,1-2H3. The Labute approximate surface area is 89.6 Å². The number of piperidine rings is 1. The van der Waals surface area contributed by atoms with Crippen molar-refractivity contribution in [1.82, 2.24) is 10.2 Å². The van der Waals surface area contributed by atoms with Gasteiger partial charge in [-0.2, -0.15) is 0 Å². The summed E-state index contributed by atoms with van der Waals surface area (Å²) in [6.45, 7) is 5.74. The normalized spacial score (nSPS) is 18.2. The van der Waals surface area contributed by atoms with Gasteiger partial charge in [0.2, 0.25) is 5.89 Å². The van der Waals surface area contributed by atoms with Crippen LogP contribution in [0.3, 0.4) is 0 Å². The molecule has 2 rings (SSSR count). The predicted octanol–water partition coefficient (Wildman–Crippen LogP) is 1.25. The molecule has 0 saturated carbocycles. The van der Waals surface area contributed by atoms with E-state index in [1.807, 2.05) is 13.8 Å². The highest BCUT2D eigenvalue weighted by molar-refractivity contribution is 5.25. The summed E-state index contributed by atoms with van der Waals surface area (Å²) in [7, 11) is 0. The van der Waals surface area contributed by atoms with Crippen LogP contribution in [0.15, 0.2) is 4.42 Å². The summed E-state index contributed by atoms with van der Waals surface area (Å²) in [5.74, 6) is 0.503. The Bertz CT molecular complexity index is 322. The molecule has 0 spiro atoms. The third-order valence-corrected chi connectivity index (χ3v) is 2.59. The first-order valence-corrected chi connectivity index (χ1v) is 5.45. The van der Waals surface area contributed by atoms with E-state index in [1.165, 1.54) is 19.3 Å². The summed E-state index contributed by atoms with van der Waals surface area (Å²) in [5, 5.41) is 8.01. The van der Waals surface area contributed by atoms with Crippen molar-refractivity contribution in [2.75, 3.05) is 18.0 Å². The smallest absolute Gasteiger partial charge is 0.318 e. The van der Waals surface area contributed by atoms with Crippen LogP contribution in [0.1, 0.15) is 39.0 Å². The number of anilines is 1. The minimum Gasteiger partial charge on any atom is -0.406 e. The van der Waals surface area contributed by atoms with Crippen molar-refractivity contribution >= 4 is 6.01 Å². The molecule has 5 nitrogen and oxygen atoms in total. The SMILES string of the molecule is CC(C)(N)c1nnc(N2CCCCC2)o1. The Hall–Kier alpha value is -1.10. The Morgan fingerprint density at radius 2 is 1.87 bits per heavy atom. The molecule has 1 aliphatic rings. The highest BCUT2D eigenvalue weighted by atomic mass is 16.4. The average Bonchev–Trinajstić information content (AvgIpc) is 2.67. The molecule has 2 heterocycles. The van der Waals surface area contributed by atoms with Crippen LogP contribution in [-0.4, -0.2) is 23.3 Å². The summed E-state index contributed by atoms with van der Waals surface area (Å²) in [6.07, 6.45) is 3.69. The Kier molecular flexibility index (Phi) is 2.65. The van der Waals surface area contributed by atoms with E-state index in [0.717, 1.165) is 13.1 Å². The molecule has 0 aromatic carbocycles. The summed E-state index contributed by atoms with van der Waals surface area (Å²) >= 11 is 0. The third-order valence-electron chi connectivity index (χ3n) is 2.59. The van der Waals surface area contributed by atoms with Crippen molar-refractivity contribution in [2.45, 2.75) is 38.6 Å². The molecule has 0 bridgehead atoms. The fraction of sp³-hybridized carbons (Fsp3) is 0.800. The van der Waals surface area contributed by atoms with Gasteiger partial charge in [0.05, 0.1) is 5.54 Å². The van der Waals surface area contributed by atoms with Crippen molar-refractivity contribution in [1.29, 1.82) is 0 Å². The van der Waals surface area contributed by atoms with Gasteiger partial charge in [-0.25, -0.2) is 0 Å². The average molecular weight is 210 g/mol. The molecule has 15 heavy (non-hydrogen) atoms. The third kappa shape index (κ3) is 2.28. The van der Waals surface area contributed by atoms with Crippen LogP contribution < -0.4 is 10.6 Å². The van der Waals surface area contributed by atoms with Crippen LogP contribution in [-0.2, 0) is 5.54 Å². The second kappa shape index (κ2) is 3.81. The van der Waals surface area contributed by atoms with Crippen LogP contribution in [0.5, 0.6) is 0 Å². The van der Waals surface area contributed by atoms with Crippen LogP contribution in [0.2, 0.25) is 0 Å². The monoisotopic (exact) mass is 210 g/mol. The van der Waals surface area contributed by atoms with Crippen LogP contribution in [0, 0.1) is 0 Å². The second-order valence-corrected chi connectivity index (χ2v) is 4.66. The summed E-state index contributed by atoms with van der Waals surface area (Å²) in [6, 6.07) is 0.614. The lowest BCUT2D eigenvalue weighted by Gasteiger charge is -2.24. The van der Waals surface area contributed by atoms with Gasteiger partial charge in [0.1, 0.15) is 0 Å². The Morgan fingerprint density at radius 1 is 1.20 bits per heavy atom. The maximum atomic E-state index is 5.88. The van der Waals surface area contributed by atoms with E-state index in [9.17, 15) is 0 Å². The first-order valence-electron chi connectivity index (χ1n) is 5.45. The number of nitrogens with two attached hydrogens (primary N) is 1. The van der Waals surface area contributed by atoms with Gasteiger partial charge < -0.3 is 15.1 Å². The van der Waals surface area contributed by atoms with Crippen molar-refractivity contribution in [3.8, 4) is 0 Å². The van der Waals surface area contributed by atoms with Gasteiger partial charge in [0, 0.05) is 13.1 Å². The number of hydrogen-bond acceptors (Lipinski definition) is 5. The van der Waals surface area contributed by atoms with E-state index >= 15 is 0 Å². The molecule has 1 aromatic heterocycles. The lowest BCUT2D eigenvalue weighted by molar-refractivity contribution is 0.373. The summed E-state index contributed by atoms with van der Waals surface area (Å²) < 4.78 is 5.57. The second-order valence-electron chi connectivity index (χ2n) is 4.66. The van der Waals surface area contributed by atoms with Crippen LogP contribution >= 0.6 is 0 Å². The lowest BCUT2D eigenvalue weighted by atomic mass is 10.1. The molecule has 0 aliphatic carbocycles. The van der Waals surface area contributed by atoms with Crippen LogP contribution in [0.25, 0.3) is 0 Å². The number of nitrogens with zero attached hydrogens (tertiary/aromatic N) is 3. The molecular weight excluding hydrogens is 192 g/mol. The zero-order valence-corrected chi connectivity index (χ0v) is 9.36. The van der Waals surface area contributed by atoms with Crippen LogP contribution in [0.4, 0.5) is 6.01 Å². The molecule has 0 amide bonds. The van der Waals surface area contributed by atoms with Crippen molar-refractivity contribution in [3.05, 3.63) is 5.89 Å². The lowest BCUT2D eigenvalue weighted by Crippen LogP contribution is -2.30. The maximum Gasteiger partial charge on any atom is 0.318 e. The van der Waals surface area contributed by atoms with Gasteiger partial charge in [0.15, 0.2) is 0 Å². The zero-order chi connectivity index (χ0) is 10.9. The molecule has 0 atom stereocenters. The van der Waals surface area contributed by atoms with Gasteiger partial charge in [-0.3, -0.25) is 0 Å². The van der Waals surface area contributed by atoms with Crippen molar-refractivity contribution in [2.24, 2.45) is 5.73 Å². The number of hydrogen-bond donors (Lipinski definition) is 1. The maximum absolute atomic E-state index is 5.88. The fourth-order valence-electron chi connectivity index (χ4n) is 1.69. The highest BCUT2D eigenvalue weighted by Gasteiger charge is 2.24. The Morgan fingerprint density at radius 3 is 2.40 bits per heavy atom. The molecule has 1 saturated heterocycles. The van der Waals surface area contributed by atoms with E-state index in [-0.39, 0.29) is 0 Å².